The lowest BCUT2D eigenvalue weighted by Gasteiger charge is -2.29. The van der Waals surface area contributed by atoms with Gasteiger partial charge in [-0.05, 0) is 19.4 Å². The molecule has 1 aliphatic heterocycles. The molecule has 1 heterocycles. The molecule has 4 heteroatoms. The standard InChI is InChI=1S/C18H18O4/c1-10-16(20)15-13(19)9-14(12-7-5-4-6-8-12)22-18(15)11(2)17(10)21-3/h4-8,14,20H,9H2,1-3H3. The average Bonchev–Trinajstić information content (AvgIpc) is 2.53. The number of benzene rings is 2. The lowest BCUT2D eigenvalue weighted by atomic mass is 9.92. The van der Waals surface area contributed by atoms with Gasteiger partial charge in [0.25, 0.3) is 0 Å². The van der Waals surface area contributed by atoms with E-state index in [9.17, 15) is 9.90 Å². The number of phenols is 1. The molecule has 1 unspecified atom stereocenters. The molecular weight excluding hydrogens is 280 g/mol. The van der Waals surface area contributed by atoms with Crippen molar-refractivity contribution in [2.45, 2.75) is 26.4 Å². The van der Waals surface area contributed by atoms with Crippen molar-refractivity contribution in [2.75, 3.05) is 7.11 Å². The number of ketones is 1. The second-order valence-corrected chi connectivity index (χ2v) is 5.48. The lowest BCUT2D eigenvalue weighted by molar-refractivity contribution is 0.0842. The van der Waals surface area contributed by atoms with Crippen LogP contribution in [0.25, 0.3) is 0 Å². The third-order valence-corrected chi connectivity index (χ3v) is 4.13. The second kappa shape index (κ2) is 5.37. The first kappa shape index (κ1) is 14.4. The van der Waals surface area contributed by atoms with E-state index in [1.165, 1.54) is 0 Å². The number of hydrogen-bond donors (Lipinski definition) is 1. The summed E-state index contributed by atoms with van der Waals surface area (Å²) >= 11 is 0. The molecular formula is C18H18O4. The van der Waals surface area contributed by atoms with E-state index in [0.717, 1.165) is 11.1 Å². The number of ether oxygens (including phenoxy) is 2. The topological polar surface area (TPSA) is 55.8 Å². The van der Waals surface area contributed by atoms with E-state index >= 15 is 0 Å². The van der Waals surface area contributed by atoms with Crippen LogP contribution in [0.2, 0.25) is 0 Å². The van der Waals surface area contributed by atoms with Gasteiger partial charge < -0.3 is 14.6 Å². The number of Topliss-reactive ketones (excluding diaryl/α,β-unsaturated/α-hetero) is 1. The molecule has 3 rings (SSSR count). The quantitative estimate of drug-likeness (QED) is 0.918. The smallest absolute Gasteiger partial charge is 0.174 e. The van der Waals surface area contributed by atoms with Gasteiger partial charge in [-0.3, -0.25) is 4.79 Å². The number of methoxy groups -OCH3 is 1. The maximum atomic E-state index is 12.5. The number of rotatable bonds is 2. The van der Waals surface area contributed by atoms with E-state index in [1.807, 2.05) is 37.3 Å². The monoisotopic (exact) mass is 298 g/mol. The van der Waals surface area contributed by atoms with Crippen LogP contribution < -0.4 is 9.47 Å². The second-order valence-electron chi connectivity index (χ2n) is 5.48. The third kappa shape index (κ3) is 2.11. The number of hydrogen-bond acceptors (Lipinski definition) is 4. The minimum atomic E-state index is -0.341. The van der Waals surface area contributed by atoms with Gasteiger partial charge >= 0.3 is 0 Å². The predicted molar refractivity (Wildman–Crippen MR) is 82.9 cm³/mol. The van der Waals surface area contributed by atoms with Gasteiger partial charge in [0, 0.05) is 11.1 Å². The minimum absolute atomic E-state index is 0.0473. The highest BCUT2D eigenvalue weighted by atomic mass is 16.5. The Morgan fingerprint density at radius 2 is 1.86 bits per heavy atom. The summed E-state index contributed by atoms with van der Waals surface area (Å²) in [7, 11) is 1.54. The summed E-state index contributed by atoms with van der Waals surface area (Å²) in [5.41, 5.74) is 2.51. The highest BCUT2D eigenvalue weighted by Gasteiger charge is 2.34. The van der Waals surface area contributed by atoms with E-state index in [2.05, 4.69) is 0 Å². The Bertz CT molecular complexity index is 735. The van der Waals surface area contributed by atoms with E-state index in [4.69, 9.17) is 9.47 Å². The first-order valence-electron chi connectivity index (χ1n) is 7.19. The Labute approximate surface area is 129 Å². The van der Waals surface area contributed by atoms with Gasteiger partial charge in [-0.15, -0.1) is 0 Å². The van der Waals surface area contributed by atoms with Crippen molar-refractivity contribution in [3.8, 4) is 17.2 Å². The first-order valence-corrected chi connectivity index (χ1v) is 7.19. The summed E-state index contributed by atoms with van der Waals surface area (Å²) in [4.78, 5) is 12.5. The van der Waals surface area contributed by atoms with Gasteiger partial charge in [-0.1, -0.05) is 30.3 Å². The maximum absolute atomic E-state index is 12.5. The van der Waals surface area contributed by atoms with Crippen LogP contribution in [0.1, 0.15) is 39.6 Å². The van der Waals surface area contributed by atoms with Gasteiger partial charge in [0.1, 0.15) is 28.9 Å². The van der Waals surface area contributed by atoms with Gasteiger partial charge in [0.2, 0.25) is 0 Å². The lowest BCUT2D eigenvalue weighted by Crippen LogP contribution is -2.22. The Morgan fingerprint density at radius 3 is 2.50 bits per heavy atom. The number of fused-ring (bicyclic) bond motifs is 1. The highest BCUT2D eigenvalue weighted by molar-refractivity contribution is 6.03. The SMILES string of the molecule is COc1c(C)c(O)c2c(c1C)OC(c1ccccc1)CC2=O. The highest BCUT2D eigenvalue weighted by Crippen LogP contribution is 2.47. The summed E-state index contributed by atoms with van der Waals surface area (Å²) in [5, 5.41) is 10.3. The van der Waals surface area contributed by atoms with E-state index < -0.39 is 0 Å². The van der Waals surface area contributed by atoms with Crippen molar-refractivity contribution in [1.29, 1.82) is 0 Å². The largest absolute Gasteiger partial charge is 0.507 e. The molecule has 0 aliphatic carbocycles. The zero-order valence-corrected chi connectivity index (χ0v) is 12.8. The Balaban J connectivity index is 2.14. The normalized spacial score (nSPS) is 16.9. The molecule has 0 amide bonds. The zero-order valence-electron chi connectivity index (χ0n) is 12.8. The van der Waals surface area contributed by atoms with Gasteiger partial charge in [-0.25, -0.2) is 0 Å². The molecule has 2 aromatic rings. The minimum Gasteiger partial charge on any atom is -0.507 e. The molecule has 0 bridgehead atoms. The van der Waals surface area contributed by atoms with Gasteiger partial charge in [0.15, 0.2) is 5.78 Å². The summed E-state index contributed by atoms with van der Waals surface area (Å²) in [6, 6.07) is 9.62. The van der Waals surface area contributed by atoms with Crippen LogP contribution in [-0.2, 0) is 0 Å². The van der Waals surface area contributed by atoms with Crippen LogP contribution in [-0.4, -0.2) is 18.0 Å². The summed E-state index contributed by atoms with van der Waals surface area (Å²) in [5.74, 6) is 0.818. The predicted octanol–water partition coefficient (Wildman–Crippen LogP) is 3.72. The average molecular weight is 298 g/mol. The van der Waals surface area contributed by atoms with Gasteiger partial charge in [-0.2, -0.15) is 0 Å². The molecule has 0 radical (unpaired) electrons. The number of aromatic hydroxyl groups is 1. The van der Waals surface area contributed by atoms with Crippen LogP contribution in [0.4, 0.5) is 0 Å². The molecule has 0 saturated carbocycles. The molecule has 2 aromatic carbocycles. The van der Waals surface area contributed by atoms with Crippen LogP contribution in [0.15, 0.2) is 30.3 Å². The fourth-order valence-electron chi connectivity index (χ4n) is 2.99. The van der Waals surface area contributed by atoms with E-state index in [1.54, 1.807) is 14.0 Å². The van der Waals surface area contributed by atoms with Crippen molar-refractivity contribution in [3.63, 3.8) is 0 Å². The summed E-state index contributed by atoms with van der Waals surface area (Å²) in [6.07, 6.45) is -0.123. The summed E-state index contributed by atoms with van der Waals surface area (Å²) in [6.45, 7) is 3.57. The molecule has 1 N–H and O–H groups in total. The van der Waals surface area contributed by atoms with Crippen molar-refractivity contribution >= 4 is 5.78 Å². The molecule has 0 saturated heterocycles. The van der Waals surface area contributed by atoms with E-state index in [-0.39, 0.29) is 29.6 Å². The molecule has 1 aliphatic rings. The molecule has 0 aromatic heterocycles. The van der Waals surface area contributed by atoms with E-state index in [0.29, 0.717) is 17.1 Å². The van der Waals surface area contributed by atoms with Crippen molar-refractivity contribution in [1.82, 2.24) is 0 Å². The first-order chi connectivity index (χ1) is 10.5. The van der Waals surface area contributed by atoms with Crippen molar-refractivity contribution < 1.29 is 19.4 Å². The fourth-order valence-corrected chi connectivity index (χ4v) is 2.99. The molecule has 114 valence electrons. The summed E-state index contributed by atoms with van der Waals surface area (Å²) < 4.78 is 11.4. The molecule has 0 spiro atoms. The van der Waals surface area contributed by atoms with Crippen LogP contribution in [0.3, 0.4) is 0 Å². The van der Waals surface area contributed by atoms with Crippen LogP contribution >= 0.6 is 0 Å². The fraction of sp³-hybridized carbons (Fsp3) is 0.278. The molecule has 22 heavy (non-hydrogen) atoms. The Morgan fingerprint density at radius 1 is 1.18 bits per heavy atom. The number of carbonyl (C=O) groups is 1. The Hall–Kier alpha value is -2.49. The molecule has 4 nitrogen and oxygen atoms in total. The van der Waals surface area contributed by atoms with Crippen molar-refractivity contribution in [3.05, 3.63) is 52.6 Å². The van der Waals surface area contributed by atoms with Crippen molar-refractivity contribution in [2.24, 2.45) is 0 Å². The van der Waals surface area contributed by atoms with Gasteiger partial charge in [0.05, 0.1) is 13.5 Å². The molecule has 1 atom stereocenters. The Kier molecular flexibility index (Phi) is 3.53. The maximum Gasteiger partial charge on any atom is 0.174 e. The third-order valence-electron chi connectivity index (χ3n) is 4.13. The van der Waals surface area contributed by atoms with Crippen LogP contribution in [0.5, 0.6) is 17.2 Å². The molecule has 0 fully saturated rings. The zero-order chi connectivity index (χ0) is 15.9. The number of phenolic OH excluding ortho intramolecular Hbond substituents is 1. The number of carbonyl (C=O) groups excluding carboxylic acids is 1. The van der Waals surface area contributed by atoms with Crippen LogP contribution in [0, 0.1) is 13.8 Å².